The van der Waals surface area contributed by atoms with Gasteiger partial charge in [-0.25, -0.2) is 0 Å². The number of benzene rings is 2. The third kappa shape index (κ3) is 3.61. The second-order valence-corrected chi connectivity index (χ2v) is 6.06. The van der Waals surface area contributed by atoms with E-state index < -0.39 is 0 Å². The molecule has 0 aliphatic carbocycles. The Morgan fingerprint density at radius 2 is 1.65 bits per heavy atom. The predicted molar refractivity (Wildman–Crippen MR) is 83.8 cm³/mol. The lowest BCUT2D eigenvalue weighted by molar-refractivity contribution is 0.297. The lowest BCUT2D eigenvalue weighted by Crippen LogP contribution is -2.13. The third-order valence-electron chi connectivity index (χ3n) is 3.32. The van der Waals surface area contributed by atoms with Crippen LogP contribution in [0.2, 0.25) is 0 Å². The van der Waals surface area contributed by atoms with Crippen LogP contribution in [0, 0.1) is 0 Å². The summed E-state index contributed by atoms with van der Waals surface area (Å²) in [5.74, 6) is 0.957. The summed E-state index contributed by atoms with van der Waals surface area (Å²) in [5, 5.41) is 0. The minimum Gasteiger partial charge on any atom is -0.489 e. The summed E-state index contributed by atoms with van der Waals surface area (Å²) in [6.07, 6.45) is 0. The van der Waals surface area contributed by atoms with Crippen molar-refractivity contribution in [1.82, 2.24) is 0 Å². The number of hydrogen-bond acceptors (Lipinski definition) is 2. The van der Waals surface area contributed by atoms with Crippen molar-refractivity contribution in [3.63, 3.8) is 0 Å². The van der Waals surface area contributed by atoms with E-state index in [0.29, 0.717) is 13.2 Å². The third-order valence-corrected chi connectivity index (χ3v) is 3.32. The van der Waals surface area contributed by atoms with Crippen molar-refractivity contribution >= 4 is 0 Å². The Balaban J connectivity index is 2.15. The molecule has 0 aliphatic heterocycles. The molecule has 0 spiro atoms. The molecule has 0 aromatic heterocycles. The second-order valence-electron chi connectivity index (χ2n) is 6.06. The van der Waals surface area contributed by atoms with E-state index >= 15 is 0 Å². The van der Waals surface area contributed by atoms with E-state index in [1.165, 1.54) is 5.56 Å². The molecule has 0 saturated heterocycles. The number of ether oxygens (including phenoxy) is 1. The van der Waals surface area contributed by atoms with Crippen LogP contribution in [-0.4, -0.2) is 0 Å². The first-order valence-corrected chi connectivity index (χ1v) is 7.01. The minimum absolute atomic E-state index is 0.0791. The Hall–Kier alpha value is -1.80. The summed E-state index contributed by atoms with van der Waals surface area (Å²) in [7, 11) is 0. The van der Waals surface area contributed by atoms with Gasteiger partial charge in [-0.3, -0.25) is 0 Å². The molecule has 0 saturated carbocycles. The number of hydrogen-bond donors (Lipinski definition) is 1. The molecule has 0 radical (unpaired) electrons. The van der Waals surface area contributed by atoms with E-state index in [1.54, 1.807) is 0 Å². The molecule has 2 N–H and O–H groups in total. The SMILES string of the molecule is CC(C)(C)c1ccccc1OCc1cccc(CN)c1. The highest BCUT2D eigenvalue weighted by Crippen LogP contribution is 2.31. The molecule has 0 bridgehead atoms. The van der Waals surface area contributed by atoms with E-state index in [9.17, 15) is 0 Å². The maximum absolute atomic E-state index is 6.01. The molecule has 2 aromatic carbocycles. The summed E-state index contributed by atoms with van der Waals surface area (Å²) < 4.78 is 6.01. The Morgan fingerprint density at radius 3 is 2.35 bits per heavy atom. The Kier molecular flexibility index (Phi) is 4.46. The van der Waals surface area contributed by atoms with Crippen LogP contribution in [0.5, 0.6) is 5.75 Å². The monoisotopic (exact) mass is 269 g/mol. The number of nitrogens with two attached hydrogens (primary N) is 1. The summed E-state index contributed by atoms with van der Waals surface area (Å²) in [6.45, 7) is 7.73. The normalized spacial score (nSPS) is 11.4. The van der Waals surface area contributed by atoms with Crippen molar-refractivity contribution in [3.8, 4) is 5.75 Å². The zero-order valence-electron chi connectivity index (χ0n) is 12.5. The molecule has 20 heavy (non-hydrogen) atoms. The van der Waals surface area contributed by atoms with Crippen LogP contribution in [0.25, 0.3) is 0 Å². The van der Waals surface area contributed by atoms with E-state index in [1.807, 2.05) is 24.3 Å². The van der Waals surface area contributed by atoms with Gasteiger partial charge >= 0.3 is 0 Å². The molecule has 106 valence electrons. The van der Waals surface area contributed by atoms with Gasteiger partial charge in [-0.1, -0.05) is 63.2 Å². The molecule has 2 heteroatoms. The van der Waals surface area contributed by atoms with Gasteiger partial charge in [0, 0.05) is 6.54 Å². The van der Waals surface area contributed by atoms with Crippen LogP contribution >= 0.6 is 0 Å². The number of para-hydroxylation sites is 1. The summed E-state index contributed by atoms with van der Waals surface area (Å²) in [5.41, 5.74) is 9.26. The fraction of sp³-hybridized carbons (Fsp3) is 0.333. The molecular weight excluding hydrogens is 246 g/mol. The first-order valence-electron chi connectivity index (χ1n) is 7.01. The van der Waals surface area contributed by atoms with Crippen LogP contribution < -0.4 is 10.5 Å². The Bertz CT molecular complexity index is 570. The van der Waals surface area contributed by atoms with Gasteiger partial charge in [-0.2, -0.15) is 0 Å². The van der Waals surface area contributed by atoms with E-state index in [0.717, 1.165) is 16.9 Å². The minimum atomic E-state index is 0.0791. The summed E-state index contributed by atoms with van der Waals surface area (Å²) >= 11 is 0. The van der Waals surface area contributed by atoms with Crippen molar-refractivity contribution < 1.29 is 4.74 Å². The lowest BCUT2D eigenvalue weighted by Gasteiger charge is -2.22. The molecule has 0 heterocycles. The van der Waals surface area contributed by atoms with Crippen molar-refractivity contribution in [2.75, 3.05) is 0 Å². The maximum atomic E-state index is 6.01. The van der Waals surface area contributed by atoms with E-state index in [4.69, 9.17) is 10.5 Å². The second kappa shape index (κ2) is 6.10. The van der Waals surface area contributed by atoms with Crippen molar-refractivity contribution in [2.45, 2.75) is 39.3 Å². The van der Waals surface area contributed by atoms with Gasteiger partial charge in [0.2, 0.25) is 0 Å². The van der Waals surface area contributed by atoms with Crippen molar-refractivity contribution in [2.24, 2.45) is 5.73 Å². The zero-order valence-corrected chi connectivity index (χ0v) is 12.5. The average Bonchev–Trinajstić information content (AvgIpc) is 2.44. The van der Waals surface area contributed by atoms with Crippen molar-refractivity contribution in [3.05, 3.63) is 65.2 Å². The molecule has 0 aliphatic rings. The van der Waals surface area contributed by atoms with Gasteiger partial charge in [0.05, 0.1) is 0 Å². The van der Waals surface area contributed by atoms with Gasteiger partial charge in [0.15, 0.2) is 0 Å². The lowest BCUT2D eigenvalue weighted by atomic mass is 9.86. The van der Waals surface area contributed by atoms with Gasteiger partial charge in [-0.15, -0.1) is 0 Å². The highest BCUT2D eigenvalue weighted by molar-refractivity contribution is 5.38. The molecule has 0 fully saturated rings. The predicted octanol–water partition coefficient (Wildman–Crippen LogP) is 4.02. The Morgan fingerprint density at radius 1 is 0.950 bits per heavy atom. The van der Waals surface area contributed by atoms with Crippen LogP contribution in [0.4, 0.5) is 0 Å². The molecule has 2 nitrogen and oxygen atoms in total. The average molecular weight is 269 g/mol. The zero-order chi connectivity index (χ0) is 14.6. The topological polar surface area (TPSA) is 35.2 Å². The fourth-order valence-electron chi connectivity index (χ4n) is 2.22. The number of rotatable bonds is 4. The first kappa shape index (κ1) is 14.6. The Labute approximate surface area is 121 Å². The van der Waals surface area contributed by atoms with Gasteiger partial charge in [-0.05, 0) is 28.2 Å². The highest BCUT2D eigenvalue weighted by atomic mass is 16.5. The van der Waals surface area contributed by atoms with E-state index in [2.05, 4.69) is 45.0 Å². The van der Waals surface area contributed by atoms with Crippen LogP contribution in [0.1, 0.15) is 37.5 Å². The van der Waals surface area contributed by atoms with E-state index in [-0.39, 0.29) is 5.41 Å². The quantitative estimate of drug-likeness (QED) is 0.909. The maximum Gasteiger partial charge on any atom is 0.123 e. The van der Waals surface area contributed by atoms with Gasteiger partial charge < -0.3 is 10.5 Å². The molecule has 2 aromatic rings. The molecule has 0 unspecified atom stereocenters. The molecule has 0 amide bonds. The standard InChI is InChI=1S/C18H23NO/c1-18(2,3)16-9-4-5-10-17(16)20-13-15-8-6-7-14(11-15)12-19/h4-11H,12-13,19H2,1-3H3. The highest BCUT2D eigenvalue weighted by Gasteiger charge is 2.18. The molecular formula is C18H23NO. The van der Waals surface area contributed by atoms with Crippen LogP contribution in [0.3, 0.4) is 0 Å². The van der Waals surface area contributed by atoms with Gasteiger partial charge in [0.1, 0.15) is 12.4 Å². The van der Waals surface area contributed by atoms with Crippen LogP contribution in [0.15, 0.2) is 48.5 Å². The molecule has 0 atom stereocenters. The first-order chi connectivity index (χ1) is 9.50. The van der Waals surface area contributed by atoms with Crippen molar-refractivity contribution in [1.29, 1.82) is 0 Å². The van der Waals surface area contributed by atoms with Gasteiger partial charge in [0.25, 0.3) is 0 Å². The largest absolute Gasteiger partial charge is 0.489 e. The molecule has 2 rings (SSSR count). The summed E-state index contributed by atoms with van der Waals surface area (Å²) in [6, 6.07) is 16.5. The van der Waals surface area contributed by atoms with Crippen LogP contribution in [-0.2, 0) is 18.6 Å². The fourth-order valence-corrected chi connectivity index (χ4v) is 2.22. The smallest absolute Gasteiger partial charge is 0.123 e. The summed E-state index contributed by atoms with van der Waals surface area (Å²) in [4.78, 5) is 0.